The van der Waals surface area contributed by atoms with Crippen LogP contribution in [-0.2, 0) is 9.63 Å². The van der Waals surface area contributed by atoms with E-state index in [9.17, 15) is 9.59 Å². The summed E-state index contributed by atoms with van der Waals surface area (Å²) >= 11 is 0. The highest BCUT2D eigenvalue weighted by Gasteiger charge is 2.35. The van der Waals surface area contributed by atoms with Crippen LogP contribution in [0.3, 0.4) is 0 Å². The lowest BCUT2D eigenvalue weighted by Gasteiger charge is -2.24. The summed E-state index contributed by atoms with van der Waals surface area (Å²) in [5, 5.41) is 6.87. The van der Waals surface area contributed by atoms with Crippen molar-refractivity contribution in [2.45, 2.75) is 18.9 Å². The van der Waals surface area contributed by atoms with Crippen LogP contribution in [0.1, 0.15) is 23.2 Å². The van der Waals surface area contributed by atoms with Crippen LogP contribution in [0.5, 0.6) is 0 Å². The second-order valence-electron chi connectivity index (χ2n) is 7.91. The lowest BCUT2D eigenvalue weighted by Crippen LogP contribution is -2.38. The normalized spacial score (nSPS) is 16.6. The lowest BCUT2D eigenvalue weighted by atomic mass is 10.0. The van der Waals surface area contributed by atoms with Gasteiger partial charge in [-0.15, -0.1) is 0 Å². The van der Waals surface area contributed by atoms with Crippen molar-refractivity contribution in [3.05, 3.63) is 84.4 Å². The van der Waals surface area contributed by atoms with E-state index >= 15 is 0 Å². The number of carbonyl (C=O) groups excluding carboxylic acids is 2. The smallest absolute Gasteiger partial charge is 0.254 e. The molecule has 3 N–H and O–H groups in total. The number of likely N-dealkylation sites (tertiary alicyclic amines) is 1. The quantitative estimate of drug-likeness (QED) is 0.442. The number of anilines is 2. The standard InChI is InChI=1S/C26H26N4O3/c1-33-29-21-15-22(16-25(31)28-24-10-6-5-9-23(24)27)30(17-21)26(32)20-13-11-19(12-14-20)18-7-3-2-4-8-18/h2-14,22H,15-17,27H2,1H3,(H,28,31)/t22-/m0/s1. The molecule has 7 heteroatoms. The summed E-state index contributed by atoms with van der Waals surface area (Å²) in [6.45, 7) is 0.318. The maximum atomic E-state index is 13.3. The maximum absolute atomic E-state index is 13.3. The van der Waals surface area contributed by atoms with E-state index in [-0.39, 0.29) is 24.3 Å². The summed E-state index contributed by atoms with van der Waals surface area (Å²) in [5.41, 5.74) is 10.4. The number of rotatable bonds is 6. The molecule has 4 rings (SSSR count). The van der Waals surface area contributed by atoms with Crippen molar-refractivity contribution in [1.29, 1.82) is 0 Å². The summed E-state index contributed by atoms with van der Waals surface area (Å²) in [6.07, 6.45) is 0.601. The molecule has 0 unspecified atom stereocenters. The summed E-state index contributed by atoms with van der Waals surface area (Å²) in [4.78, 5) is 32.6. The highest BCUT2D eigenvalue weighted by molar-refractivity contribution is 6.02. The number of nitrogen functional groups attached to an aromatic ring is 1. The third kappa shape index (κ3) is 5.20. The second-order valence-corrected chi connectivity index (χ2v) is 7.91. The summed E-state index contributed by atoms with van der Waals surface area (Å²) in [5.74, 6) is -0.360. The molecular weight excluding hydrogens is 416 g/mol. The number of hydrogen-bond acceptors (Lipinski definition) is 5. The van der Waals surface area contributed by atoms with Gasteiger partial charge in [0.25, 0.3) is 5.91 Å². The van der Waals surface area contributed by atoms with Gasteiger partial charge in [0.2, 0.25) is 5.91 Å². The van der Waals surface area contributed by atoms with Crippen molar-refractivity contribution < 1.29 is 14.4 Å². The highest BCUT2D eigenvalue weighted by atomic mass is 16.6. The number of benzene rings is 3. The average molecular weight is 443 g/mol. The van der Waals surface area contributed by atoms with E-state index in [1.807, 2.05) is 54.6 Å². The lowest BCUT2D eigenvalue weighted by molar-refractivity contribution is -0.117. The number of oxime groups is 1. The van der Waals surface area contributed by atoms with Gasteiger partial charge < -0.3 is 20.8 Å². The Morgan fingerprint density at radius 2 is 1.67 bits per heavy atom. The Labute approximate surface area is 192 Å². The first-order chi connectivity index (χ1) is 16.0. The number of nitrogens with two attached hydrogens (primary N) is 1. The Bertz CT molecular complexity index is 1160. The maximum Gasteiger partial charge on any atom is 0.254 e. The topological polar surface area (TPSA) is 97.0 Å². The molecule has 1 aliphatic rings. The molecule has 0 saturated carbocycles. The molecule has 168 valence electrons. The third-order valence-electron chi connectivity index (χ3n) is 5.64. The van der Waals surface area contributed by atoms with E-state index in [0.29, 0.717) is 29.9 Å². The largest absolute Gasteiger partial charge is 0.399 e. The van der Waals surface area contributed by atoms with E-state index < -0.39 is 0 Å². The zero-order valence-corrected chi connectivity index (χ0v) is 18.4. The molecule has 1 saturated heterocycles. The van der Waals surface area contributed by atoms with Gasteiger partial charge in [-0.3, -0.25) is 9.59 Å². The number of para-hydroxylation sites is 2. The minimum atomic E-state index is -0.329. The van der Waals surface area contributed by atoms with Crippen LogP contribution in [0, 0.1) is 0 Å². The minimum absolute atomic E-state index is 0.130. The van der Waals surface area contributed by atoms with Gasteiger partial charge in [0.15, 0.2) is 0 Å². The molecular formula is C26H26N4O3. The molecule has 7 nitrogen and oxygen atoms in total. The summed E-state index contributed by atoms with van der Waals surface area (Å²) in [6, 6.07) is 24.2. The Kier molecular flexibility index (Phi) is 6.69. The molecule has 1 heterocycles. The van der Waals surface area contributed by atoms with E-state index in [2.05, 4.69) is 10.5 Å². The van der Waals surface area contributed by atoms with Gasteiger partial charge in [-0.1, -0.05) is 59.8 Å². The number of amides is 2. The third-order valence-corrected chi connectivity index (χ3v) is 5.64. The average Bonchev–Trinajstić information content (AvgIpc) is 3.23. The predicted molar refractivity (Wildman–Crippen MR) is 130 cm³/mol. The molecule has 0 aromatic heterocycles. The van der Waals surface area contributed by atoms with Crippen LogP contribution >= 0.6 is 0 Å². The fraction of sp³-hybridized carbons (Fsp3) is 0.192. The molecule has 0 bridgehead atoms. The van der Waals surface area contributed by atoms with Crippen LogP contribution < -0.4 is 11.1 Å². The molecule has 1 aliphatic heterocycles. The van der Waals surface area contributed by atoms with Gasteiger partial charge in [-0.25, -0.2) is 0 Å². The fourth-order valence-corrected chi connectivity index (χ4v) is 4.02. The Hall–Kier alpha value is -4.13. The Balaban J connectivity index is 1.50. The van der Waals surface area contributed by atoms with Crippen molar-refractivity contribution in [1.82, 2.24) is 4.90 Å². The van der Waals surface area contributed by atoms with Crippen LogP contribution in [0.4, 0.5) is 11.4 Å². The number of nitrogens with one attached hydrogen (secondary N) is 1. The first-order valence-electron chi connectivity index (χ1n) is 10.7. The summed E-state index contributed by atoms with van der Waals surface area (Å²) < 4.78 is 0. The van der Waals surface area contributed by atoms with E-state index in [4.69, 9.17) is 10.6 Å². The van der Waals surface area contributed by atoms with Gasteiger partial charge in [0, 0.05) is 24.4 Å². The van der Waals surface area contributed by atoms with E-state index in [1.54, 1.807) is 29.2 Å². The summed E-state index contributed by atoms with van der Waals surface area (Å²) in [7, 11) is 1.47. The first kappa shape index (κ1) is 22.1. The number of carbonyl (C=O) groups is 2. The second kappa shape index (κ2) is 9.99. The minimum Gasteiger partial charge on any atom is -0.399 e. The van der Waals surface area contributed by atoms with Gasteiger partial charge in [-0.2, -0.15) is 0 Å². The zero-order chi connectivity index (χ0) is 23.2. The zero-order valence-electron chi connectivity index (χ0n) is 18.4. The highest BCUT2D eigenvalue weighted by Crippen LogP contribution is 2.25. The van der Waals surface area contributed by atoms with Crippen LogP contribution in [0.2, 0.25) is 0 Å². The first-order valence-corrected chi connectivity index (χ1v) is 10.7. The van der Waals surface area contributed by atoms with Gasteiger partial charge >= 0.3 is 0 Å². The van der Waals surface area contributed by atoms with Crippen molar-refractivity contribution in [2.75, 3.05) is 24.7 Å². The van der Waals surface area contributed by atoms with Crippen molar-refractivity contribution in [2.24, 2.45) is 5.16 Å². The van der Waals surface area contributed by atoms with E-state index in [0.717, 1.165) is 16.8 Å². The van der Waals surface area contributed by atoms with Crippen molar-refractivity contribution >= 4 is 28.9 Å². The molecule has 0 spiro atoms. The monoisotopic (exact) mass is 442 g/mol. The molecule has 3 aromatic rings. The molecule has 0 aliphatic carbocycles. The Morgan fingerprint density at radius 1 is 1.00 bits per heavy atom. The SMILES string of the molecule is CON=C1C[C@@H](CC(=O)Nc2ccccc2N)N(C(=O)c2ccc(-c3ccccc3)cc2)C1. The van der Waals surface area contributed by atoms with Gasteiger partial charge in [-0.05, 0) is 35.4 Å². The van der Waals surface area contributed by atoms with Gasteiger partial charge in [0.05, 0.1) is 23.6 Å². The van der Waals surface area contributed by atoms with Crippen molar-refractivity contribution in [3.63, 3.8) is 0 Å². The number of hydrogen-bond donors (Lipinski definition) is 2. The molecule has 1 atom stereocenters. The predicted octanol–water partition coefficient (Wildman–Crippen LogP) is 4.18. The molecule has 2 amide bonds. The van der Waals surface area contributed by atoms with E-state index in [1.165, 1.54) is 7.11 Å². The Morgan fingerprint density at radius 3 is 2.36 bits per heavy atom. The van der Waals surface area contributed by atoms with Crippen molar-refractivity contribution in [3.8, 4) is 11.1 Å². The molecule has 3 aromatic carbocycles. The van der Waals surface area contributed by atoms with Crippen LogP contribution in [0.25, 0.3) is 11.1 Å². The van der Waals surface area contributed by atoms with Crippen LogP contribution in [-0.4, -0.2) is 42.1 Å². The number of nitrogens with zero attached hydrogens (tertiary/aromatic N) is 2. The van der Waals surface area contributed by atoms with Gasteiger partial charge in [0.1, 0.15) is 7.11 Å². The molecule has 1 fully saturated rings. The molecule has 33 heavy (non-hydrogen) atoms. The molecule has 0 radical (unpaired) electrons. The van der Waals surface area contributed by atoms with Crippen LogP contribution in [0.15, 0.2) is 84.0 Å². The fourth-order valence-electron chi connectivity index (χ4n) is 4.02.